The van der Waals surface area contributed by atoms with E-state index >= 15 is 0 Å². The molecule has 0 saturated carbocycles. The second-order valence-corrected chi connectivity index (χ2v) is 6.63. The minimum absolute atomic E-state index is 0.461. The summed E-state index contributed by atoms with van der Waals surface area (Å²) >= 11 is 5.72. The molecule has 0 bridgehead atoms. The quantitative estimate of drug-likeness (QED) is 0.684. The molecule has 2 rings (SSSR count). The van der Waals surface area contributed by atoms with Gasteiger partial charge in [0.1, 0.15) is 0 Å². The number of rotatable bonds is 4. The molecular weight excluding hydrogens is 415 g/mol. The summed E-state index contributed by atoms with van der Waals surface area (Å²) in [5, 5.41) is 10.4. The Bertz CT molecular complexity index is 551. The summed E-state index contributed by atoms with van der Waals surface area (Å²) < 4.78 is 2.10. The van der Waals surface area contributed by atoms with Gasteiger partial charge in [-0.25, -0.2) is 0 Å². The van der Waals surface area contributed by atoms with Crippen LogP contribution in [0.3, 0.4) is 0 Å². The average molecular weight is 431 g/mol. The maximum Gasteiger partial charge on any atom is 0.0840 e. The highest BCUT2D eigenvalue weighted by Gasteiger charge is 2.12. The van der Waals surface area contributed by atoms with Gasteiger partial charge in [-0.2, -0.15) is 0 Å². The molecule has 0 heterocycles. The van der Waals surface area contributed by atoms with Gasteiger partial charge in [0.05, 0.1) is 6.10 Å². The lowest BCUT2D eigenvalue weighted by Gasteiger charge is -2.14. The van der Waals surface area contributed by atoms with E-state index in [0.29, 0.717) is 6.42 Å². The topological polar surface area (TPSA) is 20.2 Å². The molecule has 2 aromatic carbocycles. The van der Waals surface area contributed by atoms with Gasteiger partial charge in [0.15, 0.2) is 0 Å². The van der Waals surface area contributed by atoms with E-state index in [4.69, 9.17) is 0 Å². The van der Waals surface area contributed by atoms with Crippen LogP contribution in [0.15, 0.2) is 46.9 Å². The summed E-state index contributed by atoms with van der Waals surface area (Å²) in [5.41, 5.74) is 3.48. The van der Waals surface area contributed by atoms with E-state index in [-0.39, 0.29) is 0 Å². The molecule has 0 aromatic heterocycles. The third kappa shape index (κ3) is 4.04. The molecule has 0 amide bonds. The first-order valence-corrected chi connectivity index (χ1v) is 8.18. The Morgan fingerprint density at radius 3 is 2.37 bits per heavy atom. The van der Waals surface area contributed by atoms with Crippen LogP contribution < -0.4 is 0 Å². The summed E-state index contributed by atoms with van der Waals surface area (Å²) in [5.74, 6) is 0. The summed E-state index contributed by atoms with van der Waals surface area (Å²) in [6.45, 7) is 2.15. The van der Waals surface area contributed by atoms with Crippen molar-refractivity contribution in [3.63, 3.8) is 0 Å². The fraction of sp³-hybridized carbons (Fsp3) is 0.250. The number of aryl methyl sites for hydroxylation is 1. The van der Waals surface area contributed by atoms with Crippen molar-refractivity contribution in [2.24, 2.45) is 0 Å². The maximum atomic E-state index is 10.4. The Kier molecular flexibility index (Phi) is 5.42. The van der Waals surface area contributed by atoms with E-state index in [1.807, 2.05) is 18.2 Å². The van der Waals surface area contributed by atoms with Crippen LogP contribution in [0, 0.1) is 3.57 Å². The molecule has 3 heteroatoms. The molecule has 0 fully saturated rings. The van der Waals surface area contributed by atoms with Crippen molar-refractivity contribution < 1.29 is 5.11 Å². The minimum atomic E-state index is -0.461. The van der Waals surface area contributed by atoms with Gasteiger partial charge in [-0.05, 0) is 63.9 Å². The SMILES string of the molecule is CCc1ccc(CC(O)c2cc(Br)ccc2I)cc1. The Hall–Kier alpha value is -0.390. The van der Waals surface area contributed by atoms with Crippen LogP contribution in [0.2, 0.25) is 0 Å². The predicted molar refractivity (Wildman–Crippen MR) is 91.3 cm³/mol. The standard InChI is InChI=1S/C16H16BrIO/c1-2-11-3-5-12(6-4-11)9-16(19)14-10-13(17)7-8-15(14)18/h3-8,10,16,19H,2,9H2,1H3. The highest BCUT2D eigenvalue weighted by Crippen LogP contribution is 2.26. The van der Waals surface area contributed by atoms with Gasteiger partial charge < -0.3 is 5.11 Å². The number of aliphatic hydroxyl groups is 1. The Morgan fingerprint density at radius 1 is 1.11 bits per heavy atom. The zero-order valence-corrected chi connectivity index (χ0v) is 14.5. The van der Waals surface area contributed by atoms with Gasteiger partial charge in [0, 0.05) is 14.5 Å². The third-order valence-corrected chi connectivity index (χ3v) is 4.65. The van der Waals surface area contributed by atoms with E-state index in [0.717, 1.165) is 20.0 Å². The lowest BCUT2D eigenvalue weighted by atomic mass is 10.0. The van der Waals surface area contributed by atoms with Gasteiger partial charge in [0.25, 0.3) is 0 Å². The molecule has 100 valence electrons. The second-order valence-electron chi connectivity index (χ2n) is 4.56. The lowest BCUT2D eigenvalue weighted by Crippen LogP contribution is -2.04. The van der Waals surface area contributed by atoms with Crippen molar-refractivity contribution in [2.75, 3.05) is 0 Å². The molecule has 1 atom stereocenters. The zero-order valence-electron chi connectivity index (χ0n) is 10.7. The number of halogens is 2. The third-order valence-electron chi connectivity index (χ3n) is 3.18. The van der Waals surface area contributed by atoms with Crippen LogP contribution >= 0.6 is 38.5 Å². The highest BCUT2D eigenvalue weighted by molar-refractivity contribution is 14.1. The van der Waals surface area contributed by atoms with Gasteiger partial charge in [0.2, 0.25) is 0 Å². The van der Waals surface area contributed by atoms with Crippen molar-refractivity contribution in [1.82, 2.24) is 0 Å². The molecule has 1 unspecified atom stereocenters. The molecule has 0 aliphatic heterocycles. The van der Waals surface area contributed by atoms with E-state index in [1.54, 1.807) is 0 Å². The van der Waals surface area contributed by atoms with Crippen molar-refractivity contribution in [3.05, 3.63) is 67.2 Å². The summed E-state index contributed by atoms with van der Waals surface area (Å²) in [4.78, 5) is 0. The van der Waals surface area contributed by atoms with E-state index in [9.17, 15) is 5.11 Å². The van der Waals surface area contributed by atoms with Crippen molar-refractivity contribution in [2.45, 2.75) is 25.9 Å². The summed E-state index contributed by atoms with van der Waals surface area (Å²) in [6, 6.07) is 14.5. The summed E-state index contributed by atoms with van der Waals surface area (Å²) in [6.07, 6.45) is 1.24. The van der Waals surface area contributed by atoms with E-state index < -0.39 is 6.10 Å². The molecule has 0 saturated heterocycles. The number of hydrogen-bond donors (Lipinski definition) is 1. The molecule has 1 N–H and O–H groups in total. The van der Waals surface area contributed by atoms with Gasteiger partial charge in [-0.3, -0.25) is 0 Å². The smallest absolute Gasteiger partial charge is 0.0840 e. The number of benzene rings is 2. The van der Waals surface area contributed by atoms with Crippen LogP contribution in [-0.4, -0.2) is 5.11 Å². The van der Waals surface area contributed by atoms with Crippen LogP contribution in [0.4, 0.5) is 0 Å². The maximum absolute atomic E-state index is 10.4. The molecule has 0 aliphatic carbocycles. The normalized spacial score (nSPS) is 12.4. The average Bonchev–Trinajstić information content (AvgIpc) is 2.42. The van der Waals surface area contributed by atoms with Crippen LogP contribution in [0.25, 0.3) is 0 Å². The first kappa shape index (κ1) is 15.0. The van der Waals surface area contributed by atoms with Gasteiger partial charge >= 0.3 is 0 Å². The fourth-order valence-corrected chi connectivity index (χ4v) is 3.09. The van der Waals surface area contributed by atoms with Crippen molar-refractivity contribution in [1.29, 1.82) is 0 Å². The van der Waals surface area contributed by atoms with Crippen molar-refractivity contribution >= 4 is 38.5 Å². The molecule has 0 spiro atoms. The zero-order chi connectivity index (χ0) is 13.8. The summed E-state index contributed by atoms with van der Waals surface area (Å²) in [7, 11) is 0. The van der Waals surface area contributed by atoms with Crippen LogP contribution in [0.1, 0.15) is 29.7 Å². The number of hydrogen-bond acceptors (Lipinski definition) is 1. The Balaban J connectivity index is 2.15. The second kappa shape index (κ2) is 6.86. The van der Waals surface area contributed by atoms with Crippen molar-refractivity contribution in [3.8, 4) is 0 Å². The molecule has 2 aromatic rings. The molecule has 1 nitrogen and oxygen atoms in total. The predicted octanol–water partition coefficient (Wildman–Crippen LogP) is 4.89. The molecule has 19 heavy (non-hydrogen) atoms. The Morgan fingerprint density at radius 2 is 1.74 bits per heavy atom. The number of aliphatic hydroxyl groups excluding tert-OH is 1. The highest BCUT2D eigenvalue weighted by atomic mass is 127. The Labute approximate surface area is 136 Å². The van der Waals surface area contributed by atoms with Gasteiger partial charge in [-0.1, -0.05) is 47.1 Å². The molecule has 0 radical (unpaired) electrons. The first-order chi connectivity index (χ1) is 9.10. The minimum Gasteiger partial charge on any atom is -0.388 e. The molecule has 0 aliphatic rings. The van der Waals surface area contributed by atoms with Crippen LogP contribution in [0.5, 0.6) is 0 Å². The fourth-order valence-electron chi connectivity index (χ4n) is 2.01. The molecular formula is C16H16BrIO. The van der Waals surface area contributed by atoms with Crippen LogP contribution in [-0.2, 0) is 12.8 Å². The first-order valence-electron chi connectivity index (χ1n) is 6.31. The van der Waals surface area contributed by atoms with E-state index in [1.165, 1.54) is 11.1 Å². The van der Waals surface area contributed by atoms with E-state index in [2.05, 4.69) is 69.7 Å². The largest absolute Gasteiger partial charge is 0.388 e. The van der Waals surface area contributed by atoms with Gasteiger partial charge in [-0.15, -0.1) is 0 Å². The lowest BCUT2D eigenvalue weighted by molar-refractivity contribution is 0.177. The monoisotopic (exact) mass is 430 g/mol.